The summed E-state index contributed by atoms with van der Waals surface area (Å²) in [6, 6.07) is 70.0. The van der Waals surface area contributed by atoms with Crippen LogP contribution in [-0.2, 0) is 0 Å². The fourth-order valence-electron chi connectivity index (χ4n) is 9.87. The third-order valence-corrected chi connectivity index (χ3v) is 12.3. The summed E-state index contributed by atoms with van der Waals surface area (Å²) in [4.78, 5) is 11.4. The summed E-state index contributed by atoms with van der Waals surface area (Å²) < 4.78 is 4.79. The first kappa shape index (κ1) is 31.4. The van der Waals surface area contributed by atoms with E-state index in [-0.39, 0.29) is 0 Å². The molecule has 4 nitrogen and oxygen atoms in total. The van der Waals surface area contributed by atoms with E-state index in [0.29, 0.717) is 5.95 Å². The Balaban J connectivity index is 1.23. The monoisotopic (exact) mass is 736 g/mol. The van der Waals surface area contributed by atoms with Gasteiger partial charge in [0.15, 0.2) is 0 Å². The molecule has 0 N–H and O–H groups in total. The van der Waals surface area contributed by atoms with Crippen LogP contribution >= 0.6 is 0 Å². The molecule has 0 aliphatic rings. The van der Waals surface area contributed by atoms with Crippen LogP contribution in [0.1, 0.15) is 0 Å². The van der Waals surface area contributed by atoms with Crippen molar-refractivity contribution in [1.82, 2.24) is 18.9 Å². The molecule has 4 heteroatoms. The minimum atomic E-state index is 0.644. The van der Waals surface area contributed by atoms with E-state index in [9.17, 15) is 0 Å². The maximum Gasteiger partial charge on any atom is 0.235 e. The molecule has 0 spiro atoms. The lowest BCUT2D eigenvalue weighted by molar-refractivity contribution is 1.01. The minimum absolute atomic E-state index is 0.644. The van der Waals surface area contributed by atoms with Crippen molar-refractivity contribution in [2.45, 2.75) is 0 Å². The van der Waals surface area contributed by atoms with Crippen molar-refractivity contribution in [3.05, 3.63) is 194 Å². The van der Waals surface area contributed by atoms with Crippen LogP contribution in [0.15, 0.2) is 194 Å². The Hall–Kier alpha value is -7.82. The quantitative estimate of drug-likeness (QED) is 0.169. The van der Waals surface area contributed by atoms with Gasteiger partial charge in [0.25, 0.3) is 0 Å². The number of fused-ring (bicyclic) bond motifs is 8. The van der Waals surface area contributed by atoms with Crippen LogP contribution in [0.5, 0.6) is 0 Å². The van der Waals surface area contributed by atoms with Crippen LogP contribution in [0.4, 0.5) is 0 Å². The molecule has 13 aromatic rings. The predicted octanol–water partition coefficient (Wildman–Crippen LogP) is 14.0. The van der Waals surface area contributed by atoms with E-state index < -0.39 is 0 Å². The lowest BCUT2D eigenvalue weighted by atomic mass is 9.90. The second-order valence-electron chi connectivity index (χ2n) is 15.3. The average molecular weight is 737 g/mol. The number of nitrogens with zero attached hydrogens (tertiary/aromatic N) is 4. The molecular formula is C54H32N4. The number of hydrogen-bond acceptors (Lipinski definition) is 2. The third-order valence-electron chi connectivity index (χ3n) is 12.3. The van der Waals surface area contributed by atoms with Gasteiger partial charge in [0.1, 0.15) is 0 Å². The summed E-state index contributed by atoms with van der Waals surface area (Å²) in [6.45, 7) is 0. The van der Waals surface area contributed by atoms with Crippen LogP contribution in [0.2, 0.25) is 0 Å². The van der Waals surface area contributed by atoms with Gasteiger partial charge in [0.05, 0.1) is 38.8 Å². The van der Waals surface area contributed by atoms with Crippen molar-refractivity contribution in [3.8, 4) is 39.5 Å². The molecule has 4 heterocycles. The van der Waals surface area contributed by atoms with Crippen molar-refractivity contribution in [1.29, 1.82) is 0 Å². The summed E-state index contributed by atoms with van der Waals surface area (Å²) in [5.41, 5.74) is 13.2. The Morgan fingerprint density at radius 2 is 0.914 bits per heavy atom. The molecule has 0 saturated heterocycles. The lowest BCUT2D eigenvalue weighted by Gasteiger charge is -2.18. The van der Waals surface area contributed by atoms with Gasteiger partial charge in [0.2, 0.25) is 5.95 Å². The Labute approximate surface area is 332 Å². The van der Waals surface area contributed by atoms with Crippen LogP contribution in [-0.4, -0.2) is 18.9 Å². The fourth-order valence-corrected chi connectivity index (χ4v) is 9.87. The Bertz CT molecular complexity index is 3780. The first-order valence-corrected chi connectivity index (χ1v) is 19.8. The molecule has 58 heavy (non-hydrogen) atoms. The first-order valence-electron chi connectivity index (χ1n) is 19.8. The van der Waals surface area contributed by atoms with Gasteiger partial charge in [-0.2, -0.15) is 0 Å². The normalized spacial score (nSPS) is 12.1. The molecule has 4 aromatic heterocycles. The van der Waals surface area contributed by atoms with Gasteiger partial charge >= 0.3 is 0 Å². The van der Waals surface area contributed by atoms with Gasteiger partial charge in [0, 0.05) is 43.4 Å². The van der Waals surface area contributed by atoms with Crippen molar-refractivity contribution in [2.24, 2.45) is 0 Å². The Kier molecular flexibility index (Phi) is 6.41. The van der Waals surface area contributed by atoms with Gasteiger partial charge in [-0.15, -0.1) is 0 Å². The summed E-state index contributed by atoms with van der Waals surface area (Å²) in [6.07, 6.45) is 0. The summed E-state index contributed by atoms with van der Waals surface area (Å²) in [5.74, 6) is 0.644. The molecular weight excluding hydrogens is 705 g/mol. The zero-order valence-corrected chi connectivity index (χ0v) is 31.3. The molecule has 9 aromatic carbocycles. The molecule has 0 amide bonds. The Morgan fingerprint density at radius 3 is 1.74 bits per heavy atom. The third kappa shape index (κ3) is 4.23. The summed E-state index contributed by atoms with van der Waals surface area (Å²) in [7, 11) is 0. The van der Waals surface area contributed by atoms with E-state index in [0.717, 1.165) is 60.6 Å². The zero-order chi connectivity index (χ0) is 37.9. The summed E-state index contributed by atoms with van der Waals surface area (Å²) >= 11 is 0. The minimum Gasteiger partial charge on any atom is -0.308 e. The van der Waals surface area contributed by atoms with Gasteiger partial charge in [-0.1, -0.05) is 164 Å². The van der Waals surface area contributed by atoms with Crippen molar-refractivity contribution in [2.75, 3.05) is 0 Å². The van der Waals surface area contributed by atoms with E-state index in [4.69, 9.17) is 9.97 Å². The maximum atomic E-state index is 5.74. The van der Waals surface area contributed by atoms with Crippen LogP contribution in [0.25, 0.3) is 121 Å². The van der Waals surface area contributed by atoms with Gasteiger partial charge in [-0.05, 0) is 63.2 Å². The SMILES string of the molecule is c1ccc(-c2ccccc2-c2cc3ccccc3c3c(-c4ccccc4)nc(-n4c5cccc6c7cccc8c9ccccc9n(c9cccc4c9c65)c78)nc23)cc1. The van der Waals surface area contributed by atoms with Crippen molar-refractivity contribution in [3.63, 3.8) is 0 Å². The molecule has 0 fully saturated rings. The molecule has 0 bridgehead atoms. The highest BCUT2D eigenvalue weighted by Gasteiger charge is 2.25. The number of benzene rings is 9. The zero-order valence-electron chi connectivity index (χ0n) is 31.3. The lowest BCUT2D eigenvalue weighted by Crippen LogP contribution is -2.05. The number of aromatic nitrogens is 4. The predicted molar refractivity (Wildman–Crippen MR) is 242 cm³/mol. The molecule has 0 aliphatic carbocycles. The average Bonchev–Trinajstić information content (AvgIpc) is 3.78. The molecule has 0 radical (unpaired) electrons. The van der Waals surface area contributed by atoms with Crippen LogP contribution < -0.4 is 0 Å². The van der Waals surface area contributed by atoms with E-state index in [2.05, 4.69) is 203 Å². The van der Waals surface area contributed by atoms with Gasteiger partial charge in [-0.3, -0.25) is 4.57 Å². The summed E-state index contributed by atoms with van der Waals surface area (Å²) in [5, 5.41) is 10.7. The molecule has 0 unspecified atom stereocenters. The molecule has 268 valence electrons. The smallest absolute Gasteiger partial charge is 0.235 e. The molecule has 0 aliphatic heterocycles. The highest BCUT2D eigenvalue weighted by Crippen LogP contribution is 2.46. The first-order chi connectivity index (χ1) is 28.8. The van der Waals surface area contributed by atoms with Crippen molar-refractivity contribution < 1.29 is 0 Å². The number of para-hydroxylation sites is 2. The topological polar surface area (TPSA) is 35.1 Å². The van der Waals surface area contributed by atoms with E-state index in [1.54, 1.807) is 0 Å². The van der Waals surface area contributed by atoms with E-state index in [1.165, 1.54) is 54.5 Å². The standard InChI is InChI=1S/C54H32N4/c1-3-16-33(17-4-1)36-21-9-10-23-38(36)43-32-35-20-7-8-22-37(35)49-51(34-18-5-2-6-19-34)55-54(56-52(43)49)58-45-29-14-25-40-42-27-13-26-41-39-24-11-12-28-44(39)57(53(41)42)46-30-15-31-47(58)50(46)48(40)45/h1-32H. The van der Waals surface area contributed by atoms with E-state index in [1.807, 2.05) is 0 Å². The van der Waals surface area contributed by atoms with Crippen LogP contribution in [0, 0.1) is 0 Å². The van der Waals surface area contributed by atoms with Crippen LogP contribution in [0.3, 0.4) is 0 Å². The van der Waals surface area contributed by atoms with Crippen molar-refractivity contribution >= 4 is 81.6 Å². The maximum absolute atomic E-state index is 5.74. The number of hydrogen-bond donors (Lipinski definition) is 0. The molecule has 0 atom stereocenters. The fraction of sp³-hybridized carbons (Fsp3) is 0. The van der Waals surface area contributed by atoms with Gasteiger partial charge < -0.3 is 4.40 Å². The molecule has 0 saturated carbocycles. The highest BCUT2D eigenvalue weighted by atomic mass is 15.2. The number of rotatable bonds is 4. The largest absolute Gasteiger partial charge is 0.308 e. The van der Waals surface area contributed by atoms with Gasteiger partial charge in [-0.25, -0.2) is 9.97 Å². The second kappa shape index (κ2) is 11.8. The Morgan fingerprint density at radius 1 is 0.345 bits per heavy atom. The van der Waals surface area contributed by atoms with E-state index >= 15 is 0 Å². The second-order valence-corrected chi connectivity index (χ2v) is 15.3. The highest BCUT2D eigenvalue weighted by molar-refractivity contribution is 6.31. The molecule has 13 rings (SSSR count).